The molecule has 6 heteroatoms. The lowest BCUT2D eigenvalue weighted by atomic mass is 9.89. The summed E-state index contributed by atoms with van der Waals surface area (Å²) in [5.74, 6) is -4.82. The van der Waals surface area contributed by atoms with Gasteiger partial charge in [-0.1, -0.05) is 20.8 Å². The number of aliphatic hydroxyl groups is 1. The number of ether oxygens (including phenoxy) is 1. The van der Waals surface area contributed by atoms with Crippen molar-refractivity contribution in [3.05, 3.63) is 0 Å². The summed E-state index contributed by atoms with van der Waals surface area (Å²) in [6, 6.07) is 0. The van der Waals surface area contributed by atoms with Gasteiger partial charge in [0.15, 0.2) is 0 Å². The third-order valence-electron chi connectivity index (χ3n) is 2.66. The Morgan fingerprint density at radius 2 is 2.17 bits per heavy atom. The molecule has 2 N–H and O–H groups in total. The summed E-state index contributed by atoms with van der Waals surface area (Å²) in [7, 11) is 0. The SMILES string of the molecule is CC(C)(C)CC(O)CNCC1CC(F)(F)C(=O)O1. The molecule has 18 heavy (non-hydrogen) atoms. The van der Waals surface area contributed by atoms with Crippen LogP contribution in [0.5, 0.6) is 0 Å². The Labute approximate surface area is 106 Å². The lowest BCUT2D eigenvalue weighted by molar-refractivity contribution is -0.159. The molecule has 1 rings (SSSR count). The van der Waals surface area contributed by atoms with Crippen molar-refractivity contribution in [2.45, 2.75) is 51.7 Å². The van der Waals surface area contributed by atoms with Crippen LogP contribution >= 0.6 is 0 Å². The van der Waals surface area contributed by atoms with Gasteiger partial charge in [0.1, 0.15) is 6.10 Å². The van der Waals surface area contributed by atoms with Crippen molar-refractivity contribution >= 4 is 5.97 Å². The van der Waals surface area contributed by atoms with Crippen LogP contribution in [0.1, 0.15) is 33.6 Å². The van der Waals surface area contributed by atoms with E-state index < -0.39 is 30.5 Å². The number of cyclic esters (lactones) is 1. The number of aliphatic hydroxyl groups excluding tert-OH is 1. The second-order valence-corrected chi connectivity index (χ2v) is 6.01. The maximum atomic E-state index is 12.8. The van der Waals surface area contributed by atoms with Gasteiger partial charge in [-0.2, -0.15) is 8.78 Å². The molecule has 2 unspecified atom stereocenters. The first-order chi connectivity index (χ1) is 8.10. The molecule has 1 fully saturated rings. The topological polar surface area (TPSA) is 58.6 Å². The van der Waals surface area contributed by atoms with Gasteiger partial charge in [-0.25, -0.2) is 4.79 Å². The Balaban J connectivity index is 2.22. The highest BCUT2D eigenvalue weighted by molar-refractivity contribution is 5.79. The normalized spacial score (nSPS) is 25.0. The van der Waals surface area contributed by atoms with Gasteiger partial charge in [0.2, 0.25) is 0 Å². The highest BCUT2D eigenvalue weighted by Crippen LogP contribution is 2.30. The van der Waals surface area contributed by atoms with Gasteiger partial charge in [0.05, 0.1) is 12.5 Å². The minimum absolute atomic E-state index is 0.00789. The van der Waals surface area contributed by atoms with Crippen LogP contribution in [-0.2, 0) is 9.53 Å². The highest BCUT2D eigenvalue weighted by Gasteiger charge is 2.50. The van der Waals surface area contributed by atoms with Crippen molar-refractivity contribution in [1.82, 2.24) is 5.32 Å². The number of hydrogen-bond acceptors (Lipinski definition) is 4. The van der Waals surface area contributed by atoms with Gasteiger partial charge in [0, 0.05) is 13.1 Å². The van der Waals surface area contributed by atoms with Gasteiger partial charge >= 0.3 is 11.9 Å². The van der Waals surface area contributed by atoms with Crippen LogP contribution in [0.2, 0.25) is 0 Å². The molecule has 0 aromatic rings. The zero-order valence-corrected chi connectivity index (χ0v) is 11.0. The van der Waals surface area contributed by atoms with Crippen molar-refractivity contribution in [1.29, 1.82) is 0 Å². The van der Waals surface area contributed by atoms with Gasteiger partial charge in [-0.3, -0.25) is 0 Å². The Morgan fingerprint density at radius 3 is 2.61 bits per heavy atom. The van der Waals surface area contributed by atoms with Crippen LogP contribution in [-0.4, -0.2) is 42.3 Å². The standard InChI is InChI=1S/C12H21F2NO3/c1-11(2,3)4-8(16)6-15-7-9-5-12(13,14)10(17)18-9/h8-9,15-16H,4-7H2,1-3H3. The molecule has 0 spiro atoms. The summed E-state index contributed by atoms with van der Waals surface area (Å²) in [6.45, 7) is 6.47. The van der Waals surface area contributed by atoms with Crippen LogP contribution in [0.15, 0.2) is 0 Å². The van der Waals surface area contributed by atoms with Gasteiger partial charge in [-0.15, -0.1) is 0 Å². The third-order valence-corrected chi connectivity index (χ3v) is 2.66. The third kappa shape index (κ3) is 4.86. The van der Waals surface area contributed by atoms with Crippen LogP contribution in [0, 0.1) is 5.41 Å². The molecular formula is C12H21F2NO3. The Kier molecular flexibility index (Phi) is 4.66. The summed E-state index contributed by atoms with van der Waals surface area (Å²) in [4.78, 5) is 10.7. The molecule has 2 atom stereocenters. The highest BCUT2D eigenvalue weighted by atomic mass is 19.3. The van der Waals surface area contributed by atoms with Crippen molar-refractivity contribution < 1.29 is 23.4 Å². The number of halogens is 2. The number of rotatable bonds is 5. The number of carbonyl (C=O) groups is 1. The monoisotopic (exact) mass is 265 g/mol. The lowest BCUT2D eigenvalue weighted by Gasteiger charge is -2.22. The number of hydrogen-bond donors (Lipinski definition) is 2. The molecule has 0 aliphatic carbocycles. The van der Waals surface area contributed by atoms with E-state index in [1.807, 2.05) is 20.8 Å². The molecule has 0 aromatic heterocycles. The second-order valence-electron chi connectivity index (χ2n) is 6.01. The van der Waals surface area contributed by atoms with Gasteiger partial charge < -0.3 is 15.2 Å². The molecule has 0 saturated carbocycles. The quantitative estimate of drug-likeness (QED) is 0.736. The molecule has 4 nitrogen and oxygen atoms in total. The maximum absolute atomic E-state index is 12.8. The van der Waals surface area contributed by atoms with Crippen LogP contribution in [0.3, 0.4) is 0 Å². The second kappa shape index (κ2) is 5.48. The molecule has 1 saturated heterocycles. The number of alkyl halides is 2. The first-order valence-corrected chi connectivity index (χ1v) is 6.08. The molecule has 0 radical (unpaired) electrons. The number of carbonyl (C=O) groups excluding carboxylic acids is 1. The minimum Gasteiger partial charge on any atom is -0.456 e. The molecule has 0 amide bonds. The van der Waals surface area contributed by atoms with Gasteiger partial charge in [-0.05, 0) is 11.8 Å². The van der Waals surface area contributed by atoms with E-state index in [-0.39, 0.29) is 12.0 Å². The molecule has 0 aromatic carbocycles. The molecule has 1 heterocycles. The summed E-state index contributed by atoms with van der Waals surface area (Å²) >= 11 is 0. The van der Waals surface area contributed by atoms with E-state index in [0.29, 0.717) is 13.0 Å². The van der Waals surface area contributed by atoms with Crippen LogP contribution < -0.4 is 5.32 Å². The average Bonchev–Trinajstić information content (AvgIpc) is 2.37. The summed E-state index contributed by atoms with van der Waals surface area (Å²) in [5.41, 5.74) is 0.00789. The number of esters is 1. The smallest absolute Gasteiger partial charge is 0.377 e. The summed E-state index contributed by atoms with van der Waals surface area (Å²) in [5, 5.41) is 12.5. The van der Waals surface area contributed by atoms with Crippen LogP contribution in [0.25, 0.3) is 0 Å². The minimum atomic E-state index is -3.36. The molecule has 1 aliphatic rings. The zero-order chi connectivity index (χ0) is 14.0. The fourth-order valence-electron chi connectivity index (χ4n) is 1.95. The van der Waals surface area contributed by atoms with Gasteiger partial charge in [0.25, 0.3) is 0 Å². The first-order valence-electron chi connectivity index (χ1n) is 6.08. The molecule has 1 aliphatic heterocycles. The predicted octanol–water partition coefficient (Wildman–Crippen LogP) is 1.32. The van der Waals surface area contributed by atoms with Crippen molar-refractivity contribution in [3.8, 4) is 0 Å². The fraction of sp³-hybridized carbons (Fsp3) is 0.917. The maximum Gasteiger partial charge on any atom is 0.377 e. The molecular weight excluding hydrogens is 244 g/mol. The lowest BCUT2D eigenvalue weighted by Crippen LogP contribution is -2.35. The van der Waals surface area contributed by atoms with Crippen molar-refractivity contribution in [2.75, 3.05) is 13.1 Å². The van der Waals surface area contributed by atoms with Crippen LogP contribution in [0.4, 0.5) is 8.78 Å². The summed E-state index contributed by atoms with van der Waals surface area (Å²) in [6.07, 6.45) is -1.33. The zero-order valence-electron chi connectivity index (χ0n) is 11.0. The molecule has 0 bridgehead atoms. The van der Waals surface area contributed by atoms with E-state index in [4.69, 9.17) is 0 Å². The van der Waals surface area contributed by atoms with E-state index in [1.165, 1.54) is 0 Å². The van der Waals surface area contributed by atoms with E-state index in [0.717, 1.165) is 0 Å². The van der Waals surface area contributed by atoms with E-state index in [9.17, 15) is 18.7 Å². The van der Waals surface area contributed by atoms with E-state index in [1.54, 1.807) is 0 Å². The Morgan fingerprint density at radius 1 is 1.56 bits per heavy atom. The number of nitrogens with one attached hydrogen (secondary N) is 1. The molecule has 106 valence electrons. The van der Waals surface area contributed by atoms with E-state index >= 15 is 0 Å². The predicted molar refractivity (Wildman–Crippen MR) is 62.4 cm³/mol. The van der Waals surface area contributed by atoms with Crippen molar-refractivity contribution in [3.63, 3.8) is 0 Å². The van der Waals surface area contributed by atoms with Crippen molar-refractivity contribution in [2.24, 2.45) is 5.41 Å². The largest absolute Gasteiger partial charge is 0.456 e. The fourth-order valence-corrected chi connectivity index (χ4v) is 1.95. The first kappa shape index (κ1) is 15.3. The Bertz CT molecular complexity index is 302. The Hall–Kier alpha value is -0.750. The van der Waals surface area contributed by atoms with E-state index in [2.05, 4.69) is 10.1 Å². The summed E-state index contributed by atoms with van der Waals surface area (Å²) < 4.78 is 30.2. The average molecular weight is 265 g/mol.